The van der Waals surface area contributed by atoms with Crippen LogP contribution in [0.25, 0.3) is 0 Å². The van der Waals surface area contributed by atoms with E-state index in [1.165, 1.54) is 6.08 Å². The van der Waals surface area contributed by atoms with Crippen LogP contribution in [0.1, 0.15) is 0 Å². The van der Waals surface area contributed by atoms with Crippen molar-refractivity contribution < 1.29 is 4.79 Å². The van der Waals surface area contributed by atoms with Gasteiger partial charge in [-0.25, -0.2) is 0 Å². The Morgan fingerprint density at radius 2 is 2.43 bits per heavy atom. The molecule has 0 saturated heterocycles. The second-order valence-electron chi connectivity index (χ2n) is 0.861. The molecule has 0 spiro atoms. The van der Waals surface area contributed by atoms with Crippen molar-refractivity contribution in [3.05, 3.63) is 12.2 Å². The highest BCUT2D eigenvalue weighted by Crippen LogP contribution is 1.85. The van der Waals surface area contributed by atoms with Gasteiger partial charge >= 0.3 is 0 Å². The number of alkyl halides is 1. The Morgan fingerprint density at radius 1 is 1.86 bits per heavy atom. The molecule has 0 heterocycles. The summed E-state index contributed by atoms with van der Waals surface area (Å²) in [5.74, 6) is 0. The van der Waals surface area contributed by atoms with E-state index in [2.05, 4.69) is 15.9 Å². The van der Waals surface area contributed by atoms with Crippen molar-refractivity contribution in [1.29, 1.82) is 0 Å². The smallest absolute Gasteiger partial charge is 0.244 e. The van der Waals surface area contributed by atoms with Crippen LogP contribution in [0, 0.1) is 0 Å². The molecule has 0 atom stereocenters. The van der Waals surface area contributed by atoms with Gasteiger partial charge in [-0.1, -0.05) is 22.0 Å². The molecule has 0 bridgehead atoms. The Labute approximate surface area is 55.5 Å². The fourth-order valence-corrected chi connectivity index (χ4v) is 0.413. The molecule has 0 aromatic rings. The van der Waals surface area contributed by atoms with E-state index in [1.54, 1.807) is 6.08 Å². The van der Waals surface area contributed by atoms with Crippen LogP contribution in [0.2, 0.25) is 0 Å². The van der Waals surface area contributed by atoms with E-state index in [4.69, 9.17) is 11.6 Å². The van der Waals surface area contributed by atoms with Crippen LogP contribution >= 0.6 is 27.5 Å². The van der Waals surface area contributed by atoms with Crippen LogP contribution in [0.4, 0.5) is 0 Å². The lowest BCUT2D eigenvalue weighted by molar-refractivity contribution is -0.107. The minimum absolute atomic E-state index is 0.431. The molecule has 0 aliphatic carbocycles. The Balaban J connectivity index is 3.26. The van der Waals surface area contributed by atoms with Crippen LogP contribution in [0.3, 0.4) is 0 Å². The summed E-state index contributed by atoms with van der Waals surface area (Å²) in [7, 11) is 0. The highest BCUT2D eigenvalue weighted by atomic mass is 79.9. The van der Waals surface area contributed by atoms with Gasteiger partial charge in [0.1, 0.15) is 0 Å². The summed E-state index contributed by atoms with van der Waals surface area (Å²) in [6.07, 6.45) is 2.94. The van der Waals surface area contributed by atoms with E-state index < -0.39 is 5.24 Å². The molecule has 0 radical (unpaired) electrons. The van der Waals surface area contributed by atoms with Gasteiger partial charge in [0, 0.05) is 5.33 Å². The van der Waals surface area contributed by atoms with E-state index in [-0.39, 0.29) is 0 Å². The van der Waals surface area contributed by atoms with Gasteiger partial charge in [-0.05, 0) is 17.7 Å². The summed E-state index contributed by atoms with van der Waals surface area (Å²) in [6.45, 7) is 0. The number of carbonyl (C=O) groups excluding carboxylic acids is 1. The molecule has 0 saturated carbocycles. The lowest BCUT2D eigenvalue weighted by atomic mass is 10.6. The molecular formula is C4H4BrClO. The summed E-state index contributed by atoms with van der Waals surface area (Å²) in [5, 5.41) is 0.241. The maximum atomic E-state index is 9.86. The lowest BCUT2D eigenvalue weighted by Gasteiger charge is -1.70. The van der Waals surface area contributed by atoms with Crippen LogP contribution < -0.4 is 0 Å². The molecule has 7 heavy (non-hydrogen) atoms. The first-order valence-electron chi connectivity index (χ1n) is 1.69. The third-order valence-corrected chi connectivity index (χ3v) is 0.838. The number of hydrogen-bond acceptors (Lipinski definition) is 1. The molecule has 3 heteroatoms. The maximum absolute atomic E-state index is 9.86. The van der Waals surface area contributed by atoms with Crippen molar-refractivity contribution in [2.75, 3.05) is 5.33 Å². The fraction of sp³-hybridized carbons (Fsp3) is 0.250. The van der Waals surface area contributed by atoms with Gasteiger partial charge in [-0.3, -0.25) is 4.79 Å². The minimum Gasteiger partial charge on any atom is -0.276 e. The van der Waals surface area contributed by atoms with Gasteiger partial charge in [0.25, 0.3) is 0 Å². The predicted molar refractivity (Wildman–Crippen MR) is 33.8 cm³/mol. The number of carbonyl (C=O) groups is 1. The average molecular weight is 183 g/mol. The first kappa shape index (κ1) is 7.18. The van der Waals surface area contributed by atoms with Gasteiger partial charge in [0.15, 0.2) is 0 Å². The van der Waals surface area contributed by atoms with Gasteiger partial charge in [0.2, 0.25) is 5.24 Å². The zero-order chi connectivity index (χ0) is 5.70. The third kappa shape index (κ3) is 6.18. The zero-order valence-electron chi connectivity index (χ0n) is 3.53. The van der Waals surface area contributed by atoms with Crippen molar-refractivity contribution in [2.24, 2.45) is 0 Å². The molecule has 0 aromatic heterocycles. The van der Waals surface area contributed by atoms with Crippen molar-refractivity contribution >= 4 is 32.8 Å². The minimum atomic E-state index is -0.431. The summed E-state index contributed by atoms with van der Waals surface area (Å²) in [5.41, 5.74) is 0. The van der Waals surface area contributed by atoms with E-state index in [1.807, 2.05) is 0 Å². The molecule has 0 unspecified atom stereocenters. The zero-order valence-corrected chi connectivity index (χ0v) is 5.87. The van der Waals surface area contributed by atoms with Gasteiger partial charge in [0.05, 0.1) is 0 Å². The molecule has 0 aliphatic heterocycles. The van der Waals surface area contributed by atoms with Gasteiger partial charge in [-0.2, -0.15) is 0 Å². The monoisotopic (exact) mass is 182 g/mol. The summed E-state index contributed by atoms with van der Waals surface area (Å²) in [4.78, 5) is 9.86. The first-order chi connectivity index (χ1) is 3.27. The average Bonchev–Trinajstić information content (AvgIpc) is 1.61. The number of allylic oxidation sites excluding steroid dienone is 2. The van der Waals surface area contributed by atoms with Crippen LogP contribution in [-0.4, -0.2) is 10.6 Å². The van der Waals surface area contributed by atoms with E-state index >= 15 is 0 Å². The second-order valence-corrected chi connectivity index (χ2v) is 1.88. The molecule has 1 nitrogen and oxygen atoms in total. The normalized spacial score (nSPS) is 10.0. The SMILES string of the molecule is O=C(Cl)C=CCBr. The van der Waals surface area contributed by atoms with Gasteiger partial charge in [-0.15, -0.1) is 0 Å². The number of hydrogen-bond donors (Lipinski definition) is 0. The topological polar surface area (TPSA) is 17.1 Å². The lowest BCUT2D eigenvalue weighted by Crippen LogP contribution is -1.73. The number of rotatable bonds is 2. The Morgan fingerprint density at radius 3 is 2.57 bits per heavy atom. The molecule has 0 aromatic carbocycles. The fourth-order valence-electron chi connectivity index (χ4n) is 0.137. The molecular weight excluding hydrogens is 179 g/mol. The second kappa shape index (κ2) is 4.34. The molecule has 0 rings (SSSR count). The van der Waals surface area contributed by atoms with Crippen molar-refractivity contribution in [2.45, 2.75) is 0 Å². The number of halogens is 2. The summed E-state index contributed by atoms with van der Waals surface area (Å²) >= 11 is 7.99. The molecule has 0 aliphatic rings. The van der Waals surface area contributed by atoms with Crippen LogP contribution in [-0.2, 0) is 4.79 Å². The highest BCUT2D eigenvalue weighted by molar-refractivity contribution is 9.09. The third-order valence-electron chi connectivity index (χ3n) is 0.338. The highest BCUT2D eigenvalue weighted by Gasteiger charge is 1.79. The Bertz CT molecular complexity index is 89.7. The van der Waals surface area contributed by atoms with E-state index in [0.29, 0.717) is 5.33 Å². The predicted octanol–water partition coefficient (Wildman–Crippen LogP) is 1.70. The maximum Gasteiger partial charge on any atom is 0.244 e. The van der Waals surface area contributed by atoms with Crippen molar-refractivity contribution in [1.82, 2.24) is 0 Å². The summed E-state index contributed by atoms with van der Waals surface area (Å²) < 4.78 is 0. The standard InChI is InChI=1S/C4H4BrClO/c5-3-1-2-4(6)7/h1-2H,3H2. The van der Waals surface area contributed by atoms with E-state index in [0.717, 1.165) is 0 Å². The molecule has 0 amide bonds. The quantitative estimate of drug-likeness (QED) is 0.362. The molecule has 0 fully saturated rings. The van der Waals surface area contributed by atoms with Crippen molar-refractivity contribution in [3.63, 3.8) is 0 Å². The Hall–Kier alpha value is 0.180. The van der Waals surface area contributed by atoms with E-state index in [9.17, 15) is 4.79 Å². The largest absolute Gasteiger partial charge is 0.276 e. The summed E-state index contributed by atoms with van der Waals surface area (Å²) in [6, 6.07) is 0. The van der Waals surface area contributed by atoms with Crippen LogP contribution in [0.15, 0.2) is 12.2 Å². The Kier molecular flexibility index (Phi) is 4.45. The first-order valence-corrected chi connectivity index (χ1v) is 3.19. The van der Waals surface area contributed by atoms with Gasteiger partial charge < -0.3 is 0 Å². The molecule has 0 N–H and O–H groups in total. The van der Waals surface area contributed by atoms with Crippen molar-refractivity contribution in [3.8, 4) is 0 Å². The molecule has 40 valence electrons. The van der Waals surface area contributed by atoms with Crippen LogP contribution in [0.5, 0.6) is 0 Å².